The topological polar surface area (TPSA) is 108 Å². The van der Waals surface area contributed by atoms with Gasteiger partial charge in [-0.25, -0.2) is 9.78 Å². The molecule has 2 atom stereocenters. The molecule has 188 valence electrons. The number of benzene rings is 3. The largest absolute Gasteiger partial charge is 0.491 e. The van der Waals surface area contributed by atoms with Gasteiger partial charge in [-0.1, -0.05) is 70.5 Å². The Morgan fingerprint density at radius 2 is 1.73 bits per heavy atom. The number of aliphatic hydroxyl groups excluding tert-OH is 1. The van der Waals surface area contributed by atoms with Gasteiger partial charge < -0.3 is 20.1 Å². The van der Waals surface area contributed by atoms with E-state index in [9.17, 15) is 9.59 Å². The number of H-pyrrole nitrogens is 1. The highest BCUT2D eigenvalue weighted by Gasteiger charge is 2.44. The summed E-state index contributed by atoms with van der Waals surface area (Å²) in [5.74, 6) is 0.750. The van der Waals surface area contributed by atoms with E-state index in [1.54, 1.807) is 30.5 Å². The molecule has 2 heterocycles. The summed E-state index contributed by atoms with van der Waals surface area (Å²) in [7, 11) is 0. The summed E-state index contributed by atoms with van der Waals surface area (Å²) in [6, 6.07) is 22.5. The van der Waals surface area contributed by atoms with Crippen LogP contribution in [0.25, 0.3) is 11.3 Å². The van der Waals surface area contributed by atoms with E-state index in [4.69, 9.17) is 9.84 Å². The van der Waals surface area contributed by atoms with Gasteiger partial charge in [0.2, 0.25) is 0 Å². The van der Waals surface area contributed by atoms with Crippen LogP contribution < -0.4 is 10.1 Å². The number of aliphatic hydroxyl groups is 1. The summed E-state index contributed by atoms with van der Waals surface area (Å²) in [6.07, 6.45) is 2.13. The maximum atomic E-state index is 13.6. The number of imidazole rings is 1. The maximum absolute atomic E-state index is 13.6. The number of rotatable bonds is 9. The second kappa shape index (κ2) is 11.0. The first-order valence-electron chi connectivity index (χ1n) is 11.9. The van der Waals surface area contributed by atoms with Crippen LogP contribution in [0.15, 0.2) is 89.5 Å². The Hall–Kier alpha value is -3.95. The van der Waals surface area contributed by atoms with E-state index in [0.29, 0.717) is 23.6 Å². The molecule has 8 nitrogen and oxygen atoms in total. The number of hydrogen-bond donors (Lipinski definition) is 3. The number of carbonyl (C=O) groups is 2. The molecule has 1 aliphatic rings. The third-order valence-corrected chi connectivity index (χ3v) is 6.72. The summed E-state index contributed by atoms with van der Waals surface area (Å²) in [4.78, 5) is 36.0. The number of nitrogens with one attached hydrogen (secondary N) is 2. The highest BCUT2D eigenvalue weighted by atomic mass is 79.9. The van der Waals surface area contributed by atoms with Crippen LogP contribution in [-0.2, 0) is 11.2 Å². The lowest BCUT2D eigenvalue weighted by molar-refractivity contribution is -0.129. The molecule has 4 aromatic rings. The van der Waals surface area contributed by atoms with Gasteiger partial charge in [0.05, 0.1) is 18.5 Å². The number of hydrogen-bond acceptors (Lipinski definition) is 5. The van der Waals surface area contributed by atoms with Crippen molar-refractivity contribution < 1.29 is 19.4 Å². The average Bonchev–Trinajstić information content (AvgIpc) is 3.52. The minimum atomic E-state index is -0.821. The Bertz CT molecular complexity index is 1370. The molecule has 9 heteroatoms. The van der Waals surface area contributed by atoms with Gasteiger partial charge in [0, 0.05) is 10.9 Å². The van der Waals surface area contributed by atoms with Crippen molar-refractivity contribution in [3.05, 3.63) is 106 Å². The first kappa shape index (κ1) is 24.7. The Labute approximate surface area is 222 Å². The number of imide groups is 1. The van der Waals surface area contributed by atoms with Crippen molar-refractivity contribution in [2.75, 3.05) is 13.2 Å². The van der Waals surface area contributed by atoms with Gasteiger partial charge in [-0.05, 0) is 41.0 Å². The predicted octanol–water partition coefficient (Wildman–Crippen LogP) is 4.79. The van der Waals surface area contributed by atoms with Crippen molar-refractivity contribution in [2.24, 2.45) is 0 Å². The van der Waals surface area contributed by atoms with Crippen LogP contribution >= 0.6 is 15.9 Å². The van der Waals surface area contributed by atoms with E-state index in [2.05, 4.69) is 31.2 Å². The van der Waals surface area contributed by atoms with Crippen LogP contribution in [0.4, 0.5) is 4.79 Å². The molecule has 0 spiro atoms. The van der Waals surface area contributed by atoms with Crippen LogP contribution in [0.3, 0.4) is 0 Å². The molecule has 1 aliphatic heterocycles. The predicted molar refractivity (Wildman–Crippen MR) is 142 cm³/mol. The number of ether oxygens (including phenoxy) is 1. The molecule has 3 N–H and O–H groups in total. The Balaban J connectivity index is 1.44. The van der Waals surface area contributed by atoms with E-state index in [-0.39, 0.29) is 19.1 Å². The fraction of sp³-hybridized carbons (Fsp3) is 0.179. The highest BCUT2D eigenvalue weighted by Crippen LogP contribution is 2.33. The zero-order chi connectivity index (χ0) is 25.8. The molecular weight excluding hydrogens is 536 g/mol. The normalized spacial score (nSPS) is 16.1. The van der Waals surface area contributed by atoms with Crippen LogP contribution in [0.1, 0.15) is 29.0 Å². The number of aromatic nitrogens is 2. The second-order valence-corrected chi connectivity index (χ2v) is 9.54. The van der Waals surface area contributed by atoms with E-state index in [1.807, 2.05) is 54.6 Å². The first-order chi connectivity index (χ1) is 18.0. The fourth-order valence-corrected chi connectivity index (χ4v) is 4.63. The second-order valence-electron chi connectivity index (χ2n) is 8.63. The Morgan fingerprint density at radius 3 is 2.43 bits per heavy atom. The van der Waals surface area contributed by atoms with Gasteiger partial charge in [0.1, 0.15) is 30.3 Å². The molecule has 1 fully saturated rings. The number of aromatic amines is 1. The minimum Gasteiger partial charge on any atom is -0.491 e. The van der Waals surface area contributed by atoms with E-state index in [1.165, 1.54) is 4.90 Å². The smallest absolute Gasteiger partial charge is 0.325 e. The van der Waals surface area contributed by atoms with Gasteiger partial charge in [0.15, 0.2) is 0 Å². The van der Waals surface area contributed by atoms with Crippen LogP contribution in [0.2, 0.25) is 0 Å². The molecule has 0 saturated carbocycles. The summed E-state index contributed by atoms with van der Waals surface area (Å²) in [5.41, 5.74) is 3.36. The molecule has 5 rings (SSSR count). The van der Waals surface area contributed by atoms with Crippen LogP contribution in [0.5, 0.6) is 5.75 Å². The monoisotopic (exact) mass is 560 g/mol. The lowest BCUT2D eigenvalue weighted by atomic mass is 10.0. The van der Waals surface area contributed by atoms with Crippen LogP contribution in [0, 0.1) is 0 Å². The van der Waals surface area contributed by atoms with Crippen LogP contribution in [-0.4, -0.2) is 45.1 Å². The molecular formula is C28H25BrN4O4. The summed E-state index contributed by atoms with van der Waals surface area (Å²) >= 11 is 3.45. The zero-order valence-corrected chi connectivity index (χ0v) is 21.4. The molecule has 0 radical (unpaired) electrons. The van der Waals surface area contributed by atoms with Crippen molar-refractivity contribution in [1.82, 2.24) is 20.2 Å². The molecule has 1 saturated heterocycles. The molecule has 0 aliphatic carbocycles. The lowest BCUT2D eigenvalue weighted by Gasteiger charge is -2.24. The molecule has 0 bridgehead atoms. The third-order valence-electron chi connectivity index (χ3n) is 6.19. The SMILES string of the molecule is O=C1NC(c2ccc(OCCO)cc2)C(=O)N1[C@@H](Cc1ccccc1)c1ncc(-c2ccc(Br)cc2)[nH]1. The summed E-state index contributed by atoms with van der Waals surface area (Å²) in [6.45, 7) is 0.0891. The quantitative estimate of drug-likeness (QED) is 0.255. The summed E-state index contributed by atoms with van der Waals surface area (Å²) < 4.78 is 6.37. The van der Waals surface area contributed by atoms with Crippen molar-refractivity contribution >= 4 is 27.9 Å². The van der Waals surface area contributed by atoms with Gasteiger partial charge >= 0.3 is 6.03 Å². The third kappa shape index (κ3) is 5.42. The van der Waals surface area contributed by atoms with Gasteiger partial charge in [-0.15, -0.1) is 0 Å². The molecule has 3 aromatic carbocycles. The number of urea groups is 1. The zero-order valence-electron chi connectivity index (χ0n) is 19.8. The molecule has 37 heavy (non-hydrogen) atoms. The summed E-state index contributed by atoms with van der Waals surface area (Å²) in [5, 5.41) is 11.8. The van der Waals surface area contributed by atoms with Gasteiger partial charge in [-0.2, -0.15) is 0 Å². The van der Waals surface area contributed by atoms with Crippen molar-refractivity contribution in [3.63, 3.8) is 0 Å². The Morgan fingerprint density at radius 1 is 1.00 bits per heavy atom. The van der Waals surface area contributed by atoms with E-state index in [0.717, 1.165) is 21.3 Å². The van der Waals surface area contributed by atoms with Gasteiger partial charge in [0.25, 0.3) is 5.91 Å². The average molecular weight is 561 g/mol. The van der Waals surface area contributed by atoms with E-state index >= 15 is 0 Å². The van der Waals surface area contributed by atoms with Crippen molar-refractivity contribution in [2.45, 2.75) is 18.5 Å². The van der Waals surface area contributed by atoms with Crippen molar-refractivity contribution in [3.8, 4) is 17.0 Å². The highest BCUT2D eigenvalue weighted by molar-refractivity contribution is 9.10. The molecule has 3 amide bonds. The first-order valence-corrected chi connectivity index (χ1v) is 12.6. The van der Waals surface area contributed by atoms with Crippen molar-refractivity contribution in [1.29, 1.82) is 0 Å². The Kier molecular flexibility index (Phi) is 7.34. The molecule has 1 unspecified atom stereocenters. The number of halogens is 1. The fourth-order valence-electron chi connectivity index (χ4n) is 4.36. The lowest BCUT2D eigenvalue weighted by Crippen LogP contribution is -2.36. The molecule has 1 aromatic heterocycles. The van der Waals surface area contributed by atoms with Gasteiger partial charge in [-0.3, -0.25) is 9.69 Å². The standard InChI is InChI=1S/C28H25BrN4O4/c29-21-10-6-19(7-11-21)23-17-30-26(31-23)24(16-18-4-2-1-3-5-18)33-27(35)25(32-28(33)36)20-8-12-22(13-9-20)37-15-14-34/h1-13,17,24-25,34H,14-16H2,(H,30,31)(H,32,36)/t24-,25?/m0/s1. The minimum absolute atomic E-state index is 0.0903. The number of amides is 3. The number of nitrogens with zero attached hydrogens (tertiary/aromatic N) is 2. The number of carbonyl (C=O) groups excluding carboxylic acids is 2. The maximum Gasteiger partial charge on any atom is 0.325 e. The van der Waals surface area contributed by atoms with E-state index < -0.39 is 18.1 Å².